The molecule has 0 N–H and O–H groups in total. The van der Waals surface area contributed by atoms with Crippen LogP contribution in [0.3, 0.4) is 0 Å². The first-order valence-corrected chi connectivity index (χ1v) is 12.0. The Morgan fingerprint density at radius 1 is 0.371 bits per heavy atom. The van der Waals surface area contributed by atoms with Crippen LogP contribution in [0.2, 0.25) is 0 Å². The van der Waals surface area contributed by atoms with E-state index < -0.39 is 0 Å². The molecule has 0 saturated heterocycles. The van der Waals surface area contributed by atoms with Gasteiger partial charge in [0, 0.05) is 16.5 Å². The molecule has 1 nitrogen and oxygen atoms in total. The monoisotopic (exact) mass is 444 g/mol. The van der Waals surface area contributed by atoms with Crippen molar-refractivity contribution in [2.75, 3.05) is 0 Å². The highest BCUT2D eigenvalue weighted by molar-refractivity contribution is 6.19. The Morgan fingerprint density at radius 3 is 1.83 bits per heavy atom. The first kappa shape index (κ1) is 18.8. The van der Waals surface area contributed by atoms with Crippen molar-refractivity contribution in [3.05, 3.63) is 121 Å². The smallest absolute Gasteiger partial charge is 0.143 e. The van der Waals surface area contributed by atoms with E-state index in [0.717, 1.165) is 22.6 Å². The third-order valence-electron chi connectivity index (χ3n) is 7.40. The predicted octanol–water partition coefficient (Wildman–Crippen LogP) is 9.74. The van der Waals surface area contributed by atoms with Crippen LogP contribution in [0.15, 0.2) is 121 Å². The van der Waals surface area contributed by atoms with Gasteiger partial charge in [-0.2, -0.15) is 0 Å². The third kappa shape index (κ3) is 2.64. The van der Waals surface area contributed by atoms with Crippen molar-refractivity contribution in [1.82, 2.24) is 0 Å². The number of hydrogen-bond donors (Lipinski definition) is 0. The lowest BCUT2D eigenvalue weighted by atomic mass is 9.88. The number of fused-ring (bicyclic) bond motifs is 6. The fraction of sp³-hybridized carbons (Fsp3) is 0. The van der Waals surface area contributed by atoms with E-state index in [1.165, 1.54) is 54.2 Å². The van der Waals surface area contributed by atoms with E-state index >= 15 is 0 Å². The van der Waals surface area contributed by atoms with E-state index in [4.69, 9.17) is 4.74 Å². The summed E-state index contributed by atoms with van der Waals surface area (Å²) in [6.07, 6.45) is 0. The van der Waals surface area contributed by atoms with Gasteiger partial charge in [0.1, 0.15) is 11.5 Å². The molecule has 7 aromatic carbocycles. The van der Waals surface area contributed by atoms with E-state index in [1.54, 1.807) is 0 Å². The summed E-state index contributed by atoms with van der Waals surface area (Å²) in [5.41, 5.74) is 4.72. The van der Waals surface area contributed by atoms with Gasteiger partial charge >= 0.3 is 0 Å². The Bertz CT molecular complexity index is 1980. The molecule has 0 amide bonds. The van der Waals surface area contributed by atoms with Gasteiger partial charge < -0.3 is 4.74 Å². The van der Waals surface area contributed by atoms with Crippen LogP contribution in [-0.4, -0.2) is 0 Å². The van der Waals surface area contributed by atoms with Gasteiger partial charge in [0.25, 0.3) is 0 Å². The highest BCUT2D eigenvalue weighted by Crippen LogP contribution is 2.51. The van der Waals surface area contributed by atoms with Crippen molar-refractivity contribution < 1.29 is 4.74 Å². The van der Waals surface area contributed by atoms with Crippen LogP contribution in [0.4, 0.5) is 0 Å². The summed E-state index contributed by atoms with van der Waals surface area (Å²) in [5.74, 6) is 1.86. The van der Waals surface area contributed by atoms with Gasteiger partial charge in [-0.1, -0.05) is 97.1 Å². The van der Waals surface area contributed by atoms with Crippen LogP contribution >= 0.6 is 0 Å². The fourth-order valence-electron chi connectivity index (χ4n) is 5.80. The van der Waals surface area contributed by atoms with Gasteiger partial charge in [-0.15, -0.1) is 0 Å². The summed E-state index contributed by atoms with van der Waals surface area (Å²) in [6.45, 7) is 0. The van der Waals surface area contributed by atoms with Gasteiger partial charge in [-0.05, 0) is 73.1 Å². The molecule has 35 heavy (non-hydrogen) atoms. The molecule has 0 bridgehead atoms. The second kappa shape index (κ2) is 6.94. The second-order valence-electron chi connectivity index (χ2n) is 9.33. The first-order valence-electron chi connectivity index (χ1n) is 12.0. The maximum Gasteiger partial charge on any atom is 0.143 e. The molecule has 0 atom stereocenters. The Morgan fingerprint density at radius 2 is 0.971 bits per heavy atom. The van der Waals surface area contributed by atoms with Crippen LogP contribution in [0.25, 0.3) is 65.3 Å². The third-order valence-corrected chi connectivity index (χ3v) is 7.40. The highest BCUT2D eigenvalue weighted by atomic mass is 16.5. The quantitative estimate of drug-likeness (QED) is 0.181. The largest absolute Gasteiger partial charge is 0.455 e. The molecule has 0 aromatic heterocycles. The lowest BCUT2D eigenvalue weighted by Gasteiger charge is -2.24. The molecule has 8 rings (SSSR count). The maximum atomic E-state index is 6.67. The summed E-state index contributed by atoms with van der Waals surface area (Å²) in [6, 6.07) is 43.6. The Labute approximate surface area is 202 Å². The molecule has 1 heterocycles. The molecule has 0 spiro atoms. The summed E-state index contributed by atoms with van der Waals surface area (Å²) >= 11 is 0. The normalized spacial score (nSPS) is 12.2. The Balaban J connectivity index is 1.51. The molecule has 0 unspecified atom stereocenters. The number of para-hydroxylation sites is 1. The van der Waals surface area contributed by atoms with Crippen molar-refractivity contribution in [3.8, 4) is 33.8 Å². The van der Waals surface area contributed by atoms with Crippen LogP contribution in [0.1, 0.15) is 0 Å². The molecular weight excluding hydrogens is 424 g/mol. The molecule has 0 fully saturated rings. The zero-order chi connectivity index (χ0) is 22.9. The van der Waals surface area contributed by atoms with E-state index in [-0.39, 0.29) is 0 Å². The van der Waals surface area contributed by atoms with Gasteiger partial charge in [0.15, 0.2) is 0 Å². The van der Waals surface area contributed by atoms with Crippen LogP contribution in [0, 0.1) is 0 Å². The highest BCUT2D eigenvalue weighted by Gasteiger charge is 2.23. The molecule has 1 aliphatic heterocycles. The van der Waals surface area contributed by atoms with Gasteiger partial charge in [0.2, 0.25) is 0 Å². The van der Waals surface area contributed by atoms with Crippen LogP contribution in [-0.2, 0) is 0 Å². The predicted molar refractivity (Wildman–Crippen MR) is 147 cm³/mol. The number of rotatable bonds is 1. The van der Waals surface area contributed by atoms with Gasteiger partial charge in [-0.3, -0.25) is 0 Å². The van der Waals surface area contributed by atoms with Crippen LogP contribution < -0.4 is 4.74 Å². The first-order chi connectivity index (χ1) is 17.3. The van der Waals surface area contributed by atoms with E-state index in [0.29, 0.717) is 0 Å². The summed E-state index contributed by atoms with van der Waals surface area (Å²) in [4.78, 5) is 0. The van der Waals surface area contributed by atoms with Crippen molar-refractivity contribution in [2.24, 2.45) is 0 Å². The molecule has 1 aliphatic rings. The zero-order valence-corrected chi connectivity index (χ0v) is 19.0. The maximum absolute atomic E-state index is 6.67. The van der Waals surface area contributed by atoms with Crippen molar-refractivity contribution in [1.29, 1.82) is 0 Å². The molecule has 0 saturated carbocycles. The zero-order valence-electron chi connectivity index (χ0n) is 19.0. The lowest BCUT2D eigenvalue weighted by molar-refractivity contribution is 0.489. The summed E-state index contributed by atoms with van der Waals surface area (Å²) in [7, 11) is 0. The minimum absolute atomic E-state index is 0.913. The van der Waals surface area contributed by atoms with E-state index in [2.05, 4.69) is 115 Å². The SMILES string of the molecule is c1ccc2c(c1)Oc1c(-c3cccc4ccc5cc6ccccc6cc5c34)ccc3cccc-2c13. The van der Waals surface area contributed by atoms with Gasteiger partial charge in [0.05, 0.1) is 0 Å². The van der Waals surface area contributed by atoms with E-state index in [9.17, 15) is 0 Å². The summed E-state index contributed by atoms with van der Waals surface area (Å²) in [5, 5.41) is 9.95. The van der Waals surface area contributed by atoms with Gasteiger partial charge in [-0.25, -0.2) is 0 Å². The summed E-state index contributed by atoms with van der Waals surface area (Å²) < 4.78 is 6.67. The Hall–Kier alpha value is -4.62. The van der Waals surface area contributed by atoms with Crippen molar-refractivity contribution in [3.63, 3.8) is 0 Å². The minimum atomic E-state index is 0.913. The lowest BCUT2D eigenvalue weighted by Crippen LogP contribution is -1.99. The standard InChI is InChI=1S/C34H20O/c1-2-8-24-20-30-25(19-23(24)7-1)16-15-21-9-5-13-28(32(21)30)29-18-17-22-10-6-12-27-26-11-3-4-14-31(26)35-34(29)33(22)27/h1-20H. The Kier molecular flexibility index (Phi) is 3.72. The number of benzene rings is 7. The number of hydrogen-bond acceptors (Lipinski definition) is 1. The molecule has 0 aliphatic carbocycles. The van der Waals surface area contributed by atoms with Crippen molar-refractivity contribution >= 4 is 43.1 Å². The number of ether oxygens (including phenoxy) is 1. The molecule has 0 radical (unpaired) electrons. The second-order valence-corrected chi connectivity index (χ2v) is 9.33. The molecule has 1 heteroatoms. The van der Waals surface area contributed by atoms with E-state index in [1.807, 2.05) is 6.07 Å². The topological polar surface area (TPSA) is 9.23 Å². The molecule has 7 aromatic rings. The van der Waals surface area contributed by atoms with Crippen molar-refractivity contribution in [2.45, 2.75) is 0 Å². The average molecular weight is 445 g/mol. The van der Waals surface area contributed by atoms with Crippen LogP contribution in [0.5, 0.6) is 11.5 Å². The molecular formula is C34H20O. The fourth-order valence-corrected chi connectivity index (χ4v) is 5.80. The average Bonchev–Trinajstić information content (AvgIpc) is 2.92. The minimum Gasteiger partial charge on any atom is -0.455 e. The molecule has 162 valence electrons.